The molecular formula is C18H42O8P2. The molecule has 172 valence electrons. The fourth-order valence-corrected chi connectivity index (χ4v) is 3.38. The molecule has 0 rings (SSSR count). The van der Waals surface area contributed by atoms with E-state index in [1.54, 1.807) is 0 Å². The molecule has 0 aromatic heterocycles. The van der Waals surface area contributed by atoms with Gasteiger partial charge in [0.2, 0.25) is 0 Å². The molecule has 0 saturated heterocycles. The highest BCUT2D eigenvalue weighted by molar-refractivity contribution is 7.47. The summed E-state index contributed by atoms with van der Waals surface area (Å²) in [5.41, 5.74) is 0. The normalized spacial score (nSPS) is 11.9. The fourth-order valence-electron chi connectivity index (χ4n) is 1.79. The number of phosphoric ester groups is 2. The molecule has 28 heavy (non-hydrogen) atoms. The van der Waals surface area contributed by atoms with Gasteiger partial charge in [0.1, 0.15) is 0 Å². The molecule has 0 aliphatic carbocycles. The average Bonchev–Trinajstić information content (AvgIpc) is 2.63. The molecular weight excluding hydrogens is 406 g/mol. The van der Waals surface area contributed by atoms with Crippen molar-refractivity contribution in [2.75, 3.05) is 26.4 Å². The first kappa shape index (κ1) is 30.4. The lowest BCUT2D eigenvalue weighted by atomic mass is 10.3. The Morgan fingerprint density at radius 1 is 0.500 bits per heavy atom. The first-order chi connectivity index (χ1) is 13.2. The quantitative estimate of drug-likeness (QED) is 0.188. The second kappa shape index (κ2) is 20.5. The highest BCUT2D eigenvalue weighted by Gasteiger charge is 2.20. The molecule has 0 amide bonds. The smallest absolute Gasteiger partial charge is 0.302 e. The van der Waals surface area contributed by atoms with Crippen molar-refractivity contribution < 1.29 is 37.0 Å². The Hall–Kier alpha value is 0.220. The van der Waals surface area contributed by atoms with Gasteiger partial charge in [0.15, 0.2) is 0 Å². The molecule has 0 heterocycles. The van der Waals surface area contributed by atoms with Crippen molar-refractivity contribution in [2.24, 2.45) is 0 Å². The van der Waals surface area contributed by atoms with Crippen LogP contribution in [-0.4, -0.2) is 36.2 Å². The maximum Gasteiger partial charge on any atom is 0.472 e. The minimum Gasteiger partial charge on any atom is -0.302 e. The van der Waals surface area contributed by atoms with Gasteiger partial charge in [-0.2, -0.15) is 0 Å². The SMILES string of the molecule is CCCCCOP(=O)(O)OCCCCC.CCCCOP(=O)(O)OCCCC. The fraction of sp³-hybridized carbons (Fsp3) is 1.00. The van der Waals surface area contributed by atoms with Gasteiger partial charge in [-0.15, -0.1) is 0 Å². The van der Waals surface area contributed by atoms with Crippen LogP contribution in [0.1, 0.15) is 91.9 Å². The summed E-state index contributed by atoms with van der Waals surface area (Å²) in [6.07, 6.45) is 9.20. The lowest BCUT2D eigenvalue weighted by Gasteiger charge is -2.11. The van der Waals surface area contributed by atoms with Gasteiger partial charge >= 0.3 is 15.6 Å². The maximum atomic E-state index is 11.3. The second-order valence-electron chi connectivity index (χ2n) is 6.39. The van der Waals surface area contributed by atoms with Crippen molar-refractivity contribution >= 4 is 15.6 Å². The summed E-state index contributed by atoms with van der Waals surface area (Å²) in [7, 11) is -7.52. The van der Waals surface area contributed by atoms with Crippen molar-refractivity contribution in [3.63, 3.8) is 0 Å². The number of rotatable bonds is 18. The van der Waals surface area contributed by atoms with E-state index in [0.717, 1.165) is 64.2 Å². The summed E-state index contributed by atoms with van der Waals surface area (Å²) in [6.45, 7) is 9.30. The van der Waals surface area contributed by atoms with Crippen LogP contribution >= 0.6 is 15.6 Å². The summed E-state index contributed by atoms with van der Waals surface area (Å²) < 4.78 is 41.3. The van der Waals surface area contributed by atoms with E-state index < -0.39 is 15.6 Å². The summed E-state index contributed by atoms with van der Waals surface area (Å²) in [5.74, 6) is 0. The van der Waals surface area contributed by atoms with Crippen molar-refractivity contribution in [1.82, 2.24) is 0 Å². The van der Waals surface area contributed by atoms with Gasteiger partial charge < -0.3 is 9.79 Å². The van der Waals surface area contributed by atoms with Gasteiger partial charge in [0.05, 0.1) is 26.4 Å². The summed E-state index contributed by atoms with van der Waals surface area (Å²) in [5, 5.41) is 0. The van der Waals surface area contributed by atoms with Crippen LogP contribution in [0.4, 0.5) is 0 Å². The van der Waals surface area contributed by atoms with E-state index in [1.807, 2.05) is 13.8 Å². The Balaban J connectivity index is 0. The standard InChI is InChI=1S/C10H23O4P.C8H19O4P/c1-3-5-7-9-13-15(11,12)14-10-8-6-4-2;1-3-5-7-11-13(9,10)12-8-6-4-2/h3-10H2,1-2H3,(H,11,12);3-8H2,1-2H3,(H,9,10). The number of hydrogen-bond acceptors (Lipinski definition) is 6. The molecule has 8 nitrogen and oxygen atoms in total. The lowest BCUT2D eigenvalue weighted by molar-refractivity contribution is 0.144. The Morgan fingerprint density at radius 3 is 1.00 bits per heavy atom. The molecule has 0 aliphatic heterocycles. The van der Waals surface area contributed by atoms with E-state index in [2.05, 4.69) is 13.8 Å². The van der Waals surface area contributed by atoms with Crippen LogP contribution < -0.4 is 0 Å². The van der Waals surface area contributed by atoms with E-state index in [1.165, 1.54) is 0 Å². The van der Waals surface area contributed by atoms with Crippen LogP contribution in [0.25, 0.3) is 0 Å². The summed E-state index contributed by atoms with van der Waals surface area (Å²) in [6, 6.07) is 0. The zero-order valence-corrected chi connectivity index (χ0v) is 19.9. The van der Waals surface area contributed by atoms with Crippen LogP contribution in [0.15, 0.2) is 0 Å². The molecule has 0 unspecified atom stereocenters. The zero-order valence-electron chi connectivity index (χ0n) is 18.1. The van der Waals surface area contributed by atoms with Gasteiger partial charge in [-0.1, -0.05) is 66.2 Å². The summed E-state index contributed by atoms with van der Waals surface area (Å²) >= 11 is 0. The molecule has 0 saturated carbocycles. The van der Waals surface area contributed by atoms with Gasteiger partial charge in [-0.3, -0.25) is 18.1 Å². The second-order valence-corrected chi connectivity index (χ2v) is 9.30. The molecule has 0 aliphatic rings. The molecule has 0 fully saturated rings. The molecule has 0 spiro atoms. The molecule has 0 radical (unpaired) electrons. The Labute approximate surface area is 171 Å². The van der Waals surface area contributed by atoms with E-state index in [9.17, 15) is 14.0 Å². The molecule has 0 aromatic carbocycles. The van der Waals surface area contributed by atoms with Crippen molar-refractivity contribution in [2.45, 2.75) is 91.9 Å². The molecule has 0 aromatic rings. The molecule has 10 heteroatoms. The number of hydrogen-bond donors (Lipinski definition) is 2. The minimum absolute atomic E-state index is 0.288. The van der Waals surface area contributed by atoms with Crippen molar-refractivity contribution in [3.8, 4) is 0 Å². The van der Waals surface area contributed by atoms with Crippen LogP contribution in [0.2, 0.25) is 0 Å². The van der Waals surface area contributed by atoms with E-state index in [0.29, 0.717) is 13.2 Å². The van der Waals surface area contributed by atoms with E-state index >= 15 is 0 Å². The van der Waals surface area contributed by atoms with Crippen LogP contribution in [0.3, 0.4) is 0 Å². The first-order valence-electron chi connectivity index (χ1n) is 10.5. The average molecular weight is 448 g/mol. The van der Waals surface area contributed by atoms with Crippen LogP contribution in [-0.2, 0) is 27.2 Å². The molecule has 2 N–H and O–H groups in total. The Bertz CT molecular complexity index is 390. The first-order valence-corrected chi connectivity index (χ1v) is 13.5. The van der Waals surface area contributed by atoms with Gasteiger partial charge in [0, 0.05) is 0 Å². The summed E-state index contributed by atoms with van der Waals surface area (Å²) in [4.78, 5) is 18.3. The number of phosphoric acid groups is 2. The third-order valence-electron chi connectivity index (χ3n) is 3.51. The zero-order chi connectivity index (χ0) is 21.7. The van der Waals surface area contributed by atoms with E-state index in [-0.39, 0.29) is 13.2 Å². The van der Waals surface area contributed by atoms with Gasteiger partial charge in [0.25, 0.3) is 0 Å². The Kier molecular flexibility index (Phi) is 22.3. The topological polar surface area (TPSA) is 112 Å². The highest BCUT2D eigenvalue weighted by atomic mass is 31.2. The highest BCUT2D eigenvalue weighted by Crippen LogP contribution is 2.44. The third-order valence-corrected chi connectivity index (χ3v) is 5.54. The largest absolute Gasteiger partial charge is 0.472 e. The molecule has 0 atom stereocenters. The van der Waals surface area contributed by atoms with Crippen LogP contribution in [0, 0.1) is 0 Å². The predicted octanol–water partition coefficient (Wildman–Crippen LogP) is 6.22. The minimum atomic E-state index is -3.77. The van der Waals surface area contributed by atoms with Gasteiger partial charge in [-0.05, 0) is 25.7 Å². The van der Waals surface area contributed by atoms with E-state index in [4.69, 9.17) is 23.0 Å². The van der Waals surface area contributed by atoms with Crippen molar-refractivity contribution in [3.05, 3.63) is 0 Å². The Morgan fingerprint density at radius 2 is 0.750 bits per heavy atom. The van der Waals surface area contributed by atoms with Crippen LogP contribution in [0.5, 0.6) is 0 Å². The lowest BCUT2D eigenvalue weighted by Crippen LogP contribution is -1.98. The monoisotopic (exact) mass is 448 g/mol. The van der Waals surface area contributed by atoms with Crippen molar-refractivity contribution in [1.29, 1.82) is 0 Å². The predicted molar refractivity (Wildman–Crippen MR) is 112 cm³/mol. The number of unbranched alkanes of at least 4 members (excludes halogenated alkanes) is 6. The van der Waals surface area contributed by atoms with Gasteiger partial charge in [-0.25, -0.2) is 9.13 Å². The third kappa shape index (κ3) is 24.3. The maximum absolute atomic E-state index is 11.3. The molecule has 0 bridgehead atoms.